The Bertz CT molecular complexity index is 599. The molecule has 0 bridgehead atoms. The molecule has 19 heavy (non-hydrogen) atoms. The number of hydrogen-bond acceptors (Lipinski definition) is 2. The van der Waals surface area contributed by atoms with E-state index >= 15 is 0 Å². The molecule has 1 amide bonds. The van der Waals surface area contributed by atoms with Crippen molar-refractivity contribution in [3.05, 3.63) is 57.5 Å². The van der Waals surface area contributed by atoms with Crippen LogP contribution in [-0.4, -0.2) is 13.0 Å². The molecule has 0 saturated carbocycles. The zero-order valence-corrected chi connectivity index (χ0v) is 12.5. The maximum absolute atomic E-state index is 12.0. The molecule has 3 nitrogen and oxygen atoms in total. The van der Waals surface area contributed by atoms with E-state index in [2.05, 4.69) is 21.2 Å². The van der Waals surface area contributed by atoms with Crippen LogP contribution in [0.25, 0.3) is 0 Å². The molecule has 0 aliphatic heterocycles. The van der Waals surface area contributed by atoms with Crippen LogP contribution in [0.15, 0.2) is 46.9 Å². The fourth-order valence-electron chi connectivity index (χ4n) is 1.55. The molecular weight excluding hydrogens is 330 g/mol. The fourth-order valence-corrected chi connectivity index (χ4v) is 2.22. The van der Waals surface area contributed by atoms with Crippen molar-refractivity contribution in [3.63, 3.8) is 0 Å². The zero-order valence-electron chi connectivity index (χ0n) is 10.1. The van der Waals surface area contributed by atoms with E-state index < -0.39 is 0 Å². The van der Waals surface area contributed by atoms with Gasteiger partial charge in [0.1, 0.15) is 5.75 Å². The summed E-state index contributed by atoms with van der Waals surface area (Å²) in [6.07, 6.45) is 0. The average molecular weight is 341 g/mol. The van der Waals surface area contributed by atoms with Gasteiger partial charge in [-0.15, -0.1) is 0 Å². The van der Waals surface area contributed by atoms with Gasteiger partial charge < -0.3 is 10.1 Å². The van der Waals surface area contributed by atoms with E-state index in [-0.39, 0.29) is 5.91 Å². The Hall–Kier alpha value is -1.52. The number of carbonyl (C=O) groups excluding carboxylic acids is 1. The third-order valence-corrected chi connectivity index (χ3v) is 3.39. The van der Waals surface area contributed by atoms with Crippen LogP contribution in [0.3, 0.4) is 0 Å². The molecule has 2 rings (SSSR count). The normalized spacial score (nSPS) is 10.1. The zero-order chi connectivity index (χ0) is 13.8. The fraction of sp³-hybridized carbons (Fsp3) is 0.0714. The smallest absolute Gasteiger partial charge is 0.255 e. The lowest BCUT2D eigenvalue weighted by atomic mass is 10.2. The van der Waals surface area contributed by atoms with Crippen LogP contribution in [0.1, 0.15) is 10.4 Å². The van der Waals surface area contributed by atoms with Gasteiger partial charge in [0, 0.05) is 16.3 Å². The summed E-state index contributed by atoms with van der Waals surface area (Å²) in [4.78, 5) is 12.0. The summed E-state index contributed by atoms with van der Waals surface area (Å²) in [6, 6.07) is 12.1. The highest BCUT2D eigenvalue weighted by Gasteiger charge is 2.07. The van der Waals surface area contributed by atoms with Crippen molar-refractivity contribution in [3.8, 4) is 5.75 Å². The summed E-state index contributed by atoms with van der Waals surface area (Å²) in [6.45, 7) is 0. The number of benzene rings is 2. The standard InChI is InChI=1S/C14H11BrClNO2/c1-19-13-7-6-11(8-12(13)15)17-14(18)9-2-4-10(16)5-3-9/h2-8H,1H3,(H,17,18). The van der Waals surface area contributed by atoms with Crippen molar-refractivity contribution in [2.24, 2.45) is 0 Å². The van der Waals surface area contributed by atoms with E-state index in [1.54, 1.807) is 49.6 Å². The van der Waals surface area contributed by atoms with Crippen LogP contribution >= 0.6 is 27.5 Å². The predicted molar refractivity (Wildman–Crippen MR) is 80.1 cm³/mol. The van der Waals surface area contributed by atoms with Crippen molar-refractivity contribution in [2.75, 3.05) is 12.4 Å². The van der Waals surface area contributed by atoms with Gasteiger partial charge in [-0.25, -0.2) is 0 Å². The lowest BCUT2D eigenvalue weighted by molar-refractivity contribution is 0.102. The highest BCUT2D eigenvalue weighted by Crippen LogP contribution is 2.27. The molecule has 2 aromatic carbocycles. The van der Waals surface area contributed by atoms with E-state index in [0.29, 0.717) is 22.0 Å². The van der Waals surface area contributed by atoms with Crippen molar-refractivity contribution in [2.45, 2.75) is 0 Å². The average Bonchev–Trinajstić information content (AvgIpc) is 2.39. The quantitative estimate of drug-likeness (QED) is 0.901. The minimum absolute atomic E-state index is 0.186. The Kier molecular flexibility index (Phi) is 4.45. The second kappa shape index (κ2) is 6.08. The van der Waals surface area contributed by atoms with E-state index in [1.807, 2.05) is 0 Å². The van der Waals surface area contributed by atoms with E-state index in [4.69, 9.17) is 16.3 Å². The van der Waals surface area contributed by atoms with Crippen molar-refractivity contribution < 1.29 is 9.53 Å². The van der Waals surface area contributed by atoms with Gasteiger partial charge in [-0.1, -0.05) is 11.6 Å². The lowest BCUT2D eigenvalue weighted by Crippen LogP contribution is -2.11. The second-order valence-electron chi connectivity index (χ2n) is 3.81. The van der Waals surface area contributed by atoms with Crippen LogP contribution in [0, 0.1) is 0 Å². The molecule has 0 fully saturated rings. The molecule has 0 unspecified atom stereocenters. The van der Waals surface area contributed by atoms with E-state index in [1.165, 1.54) is 0 Å². The molecule has 0 aliphatic carbocycles. The van der Waals surface area contributed by atoms with Gasteiger partial charge in [0.05, 0.1) is 11.6 Å². The maximum atomic E-state index is 12.0. The molecule has 5 heteroatoms. The monoisotopic (exact) mass is 339 g/mol. The first-order valence-electron chi connectivity index (χ1n) is 5.50. The van der Waals surface area contributed by atoms with Crippen molar-refractivity contribution >= 4 is 39.1 Å². The molecule has 98 valence electrons. The van der Waals surface area contributed by atoms with E-state index in [9.17, 15) is 4.79 Å². The molecule has 2 aromatic rings. The minimum Gasteiger partial charge on any atom is -0.496 e. The number of carbonyl (C=O) groups is 1. The number of rotatable bonds is 3. The van der Waals surface area contributed by atoms with Gasteiger partial charge >= 0.3 is 0 Å². The number of nitrogens with one attached hydrogen (secondary N) is 1. The van der Waals surface area contributed by atoms with Crippen LogP contribution in [-0.2, 0) is 0 Å². The first-order valence-corrected chi connectivity index (χ1v) is 6.67. The van der Waals surface area contributed by atoms with Gasteiger partial charge in [-0.2, -0.15) is 0 Å². The highest BCUT2D eigenvalue weighted by atomic mass is 79.9. The summed E-state index contributed by atoms with van der Waals surface area (Å²) in [5.41, 5.74) is 1.24. The molecule has 0 saturated heterocycles. The number of methoxy groups -OCH3 is 1. The SMILES string of the molecule is COc1ccc(NC(=O)c2ccc(Cl)cc2)cc1Br. The number of anilines is 1. The third kappa shape index (κ3) is 3.49. The number of amides is 1. The van der Waals surface area contributed by atoms with Crippen LogP contribution in [0.4, 0.5) is 5.69 Å². The predicted octanol–water partition coefficient (Wildman–Crippen LogP) is 4.36. The molecule has 0 aliphatic rings. The highest BCUT2D eigenvalue weighted by molar-refractivity contribution is 9.10. The summed E-state index contributed by atoms with van der Waals surface area (Å²) in [7, 11) is 1.59. The third-order valence-electron chi connectivity index (χ3n) is 2.52. The summed E-state index contributed by atoms with van der Waals surface area (Å²) in [5, 5.41) is 3.40. The first-order chi connectivity index (χ1) is 9.10. The Morgan fingerprint density at radius 1 is 1.21 bits per heavy atom. The lowest BCUT2D eigenvalue weighted by Gasteiger charge is -2.08. The van der Waals surface area contributed by atoms with Crippen molar-refractivity contribution in [1.29, 1.82) is 0 Å². The van der Waals surface area contributed by atoms with Gasteiger partial charge in [0.25, 0.3) is 5.91 Å². The molecule has 1 N–H and O–H groups in total. The molecule has 0 spiro atoms. The first kappa shape index (κ1) is 13.9. The van der Waals surface area contributed by atoms with E-state index in [0.717, 1.165) is 4.47 Å². The molecular formula is C14H11BrClNO2. The topological polar surface area (TPSA) is 38.3 Å². The Balaban J connectivity index is 2.14. The second-order valence-corrected chi connectivity index (χ2v) is 5.10. The minimum atomic E-state index is -0.186. The number of halogens is 2. The molecule has 0 heterocycles. The summed E-state index contributed by atoms with van der Waals surface area (Å²) < 4.78 is 5.91. The van der Waals surface area contributed by atoms with Gasteiger partial charge in [-0.3, -0.25) is 4.79 Å². The molecule has 0 atom stereocenters. The summed E-state index contributed by atoms with van der Waals surface area (Å²) in [5.74, 6) is 0.526. The Labute approximate surface area is 124 Å². The van der Waals surface area contributed by atoms with Crippen molar-refractivity contribution in [1.82, 2.24) is 0 Å². The Morgan fingerprint density at radius 2 is 1.89 bits per heavy atom. The Morgan fingerprint density at radius 3 is 2.47 bits per heavy atom. The number of hydrogen-bond donors (Lipinski definition) is 1. The van der Waals surface area contributed by atoms with Gasteiger partial charge in [0.15, 0.2) is 0 Å². The number of ether oxygens (including phenoxy) is 1. The summed E-state index contributed by atoms with van der Waals surface area (Å²) >= 11 is 9.15. The molecule has 0 aromatic heterocycles. The van der Waals surface area contributed by atoms with Crippen LogP contribution in [0.2, 0.25) is 5.02 Å². The van der Waals surface area contributed by atoms with Gasteiger partial charge in [-0.05, 0) is 58.4 Å². The van der Waals surface area contributed by atoms with Gasteiger partial charge in [0.2, 0.25) is 0 Å². The largest absolute Gasteiger partial charge is 0.496 e. The van der Waals surface area contributed by atoms with Crippen LogP contribution in [0.5, 0.6) is 5.75 Å². The molecule has 0 radical (unpaired) electrons. The van der Waals surface area contributed by atoms with Crippen LogP contribution < -0.4 is 10.1 Å². The maximum Gasteiger partial charge on any atom is 0.255 e.